The smallest absolute Gasteiger partial charge is 0.326 e. The van der Waals surface area contributed by atoms with Crippen molar-refractivity contribution >= 4 is 52.1 Å². The van der Waals surface area contributed by atoms with Gasteiger partial charge in [-0.1, -0.05) is 62.7 Å². The van der Waals surface area contributed by atoms with Crippen molar-refractivity contribution in [1.82, 2.24) is 30.7 Å². The number of fused-ring (bicyclic) bond motifs is 11. The number of rotatable bonds is 9. The van der Waals surface area contributed by atoms with Gasteiger partial charge in [-0.05, 0) is 89.5 Å². The molecule has 0 saturated carbocycles. The summed E-state index contributed by atoms with van der Waals surface area (Å²) < 4.78 is 1.81. The topological polar surface area (TPSA) is 257 Å². The molecule has 9 unspecified atom stereocenters. The van der Waals surface area contributed by atoms with Gasteiger partial charge < -0.3 is 57.1 Å². The number of anilines is 1. The van der Waals surface area contributed by atoms with Crippen LogP contribution in [0.4, 0.5) is 5.69 Å². The van der Waals surface area contributed by atoms with E-state index < -0.39 is 89.3 Å². The predicted octanol–water partition coefficient (Wildman–Crippen LogP) is 2.45. The van der Waals surface area contributed by atoms with Gasteiger partial charge in [0.05, 0.1) is 22.7 Å². The highest BCUT2D eigenvalue weighted by atomic mass is 16.4. The largest absolute Gasteiger partial charge is 0.508 e. The Kier molecular flexibility index (Phi) is 11.2. The van der Waals surface area contributed by atoms with Gasteiger partial charge in [-0.25, -0.2) is 4.79 Å². The highest BCUT2D eigenvalue weighted by Crippen LogP contribution is 2.55. The molecule has 5 aromatic rings. The minimum absolute atomic E-state index is 0.00322. The van der Waals surface area contributed by atoms with Gasteiger partial charge in [0, 0.05) is 36.5 Å². The molecule has 1 fully saturated rings. The van der Waals surface area contributed by atoms with E-state index in [9.17, 15) is 39.3 Å². The third kappa shape index (κ3) is 7.51. The summed E-state index contributed by atoms with van der Waals surface area (Å²) in [5.41, 5.74) is 9.76. The summed E-state index contributed by atoms with van der Waals surface area (Å²) in [5.74, 6) is -5.14. The standard InChI is InChI=1S/C49H52N8O9/c1-4-24(2)41-46(64)57-39(45(63)53-36(47(65)66)17-26-9-13-30(58)14-10-26)22-49(32-7-5-6-8-33(32)54-48(49)57)29-12-15-37-31(21-29)28-20-35(51-42(60)25(3)50)43(61)52-34(44(62)55-41)18-27-11-16-40(59)38(19-27)56(37)23-28/h5-16,19,21,23-25,34-36,39,41,48,54,58-59H,4,17-18,20,22,50H2,1-3H3,(H,51,60)(H,52,61)(H,53,63)(H,55,62)(H,65,66). The van der Waals surface area contributed by atoms with Crippen molar-refractivity contribution < 1.29 is 44.1 Å². The average molecular weight is 897 g/mol. The monoisotopic (exact) mass is 896 g/mol. The second-order valence-electron chi connectivity index (χ2n) is 18.1. The molecule has 9 rings (SSSR count). The normalized spacial score (nSPS) is 24.5. The SMILES string of the molecule is CCC(C)C1NC(=O)C2Cc3ccc(O)c(c3)-n3cc(c4cc(ccc43)C34CC(C(=O)NC(Cc5ccc(O)cc5)C(=O)O)N(C1=O)C3Nc1ccccc14)CC(NC(=O)C(C)N)C(=O)N2. The molecule has 0 aliphatic carbocycles. The number of amides is 5. The minimum atomic E-state index is -1.42. The Bertz CT molecular complexity index is 2810. The van der Waals surface area contributed by atoms with Crippen molar-refractivity contribution in [2.75, 3.05) is 5.32 Å². The van der Waals surface area contributed by atoms with Crippen LogP contribution in [0.15, 0.2) is 91.1 Å². The van der Waals surface area contributed by atoms with Crippen molar-refractivity contribution in [1.29, 1.82) is 0 Å². The van der Waals surface area contributed by atoms with Crippen molar-refractivity contribution in [3.05, 3.63) is 119 Å². The van der Waals surface area contributed by atoms with Crippen molar-refractivity contribution in [2.24, 2.45) is 11.7 Å². The fraction of sp³-hybridized carbons (Fsp3) is 0.347. The minimum Gasteiger partial charge on any atom is -0.508 e. The second-order valence-corrected chi connectivity index (χ2v) is 18.1. The number of aliphatic carboxylic acids is 1. The van der Waals surface area contributed by atoms with E-state index in [1.807, 2.05) is 49.4 Å². The number of nitrogens with two attached hydrogens (primary N) is 1. The maximum atomic E-state index is 15.7. The number of carboxylic acid groups (broad SMARTS) is 1. The summed E-state index contributed by atoms with van der Waals surface area (Å²) in [6.07, 6.45) is 1.03. The number of aromatic hydroxyl groups is 2. The number of nitrogens with one attached hydrogen (secondary N) is 5. The molecule has 17 nitrogen and oxygen atoms in total. The number of para-hydroxylation sites is 1. The number of phenolic OH excluding ortho intramolecular Hbond substituents is 2. The van der Waals surface area contributed by atoms with E-state index in [1.54, 1.807) is 42.0 Å². The lowest BCUT2D eigenvalue weighted by Crippen LogP contribution is -2.62. The first-order valence-corrected chi connectivity index (χ1v) is 22.2. The number of nitrogens with zero attached hydrogens (tertiary/aromatic N) is 2. The zero-order valence-corrected chi connectivity index (χ0v) is 36.6. The van der Waals surface area contributed by atoms with Crippen LogP contribution >= 0.6 is 0 Å². The Morgan fingerprint density at radius 2 is 1.67 bits per heavy atom. The Hall–Kier alpha value is -7.40. The Balaban J connectivity index is 1.28. The van der Waals surface area contributed by atoms with E-state index in [-0.39, 0.29) is 37.2 Å². The summed E-state index contributed by atoms with van der Waals surface area (Å²) in [6, 6.07) is 16.8. The van der Waals surface area contributed by atoms with E-state index in [2.05, 4.69) is 26.6 Å². The molecule has 9 bridgehead atoms. The molecule has 1 aromatic heterocycles. The molecule has 4 aliphatic rings. The molecule has 5 heterocycles. The molecule has 10 N–H and O–H groups in total. The van der Waals surface area contributed by atoms with E-state index >= 15 is 4.79 Å². The molecule has 5 amide bonds. The molecule has 4 aliphatic heterocycles. The van der Waals surface area contributed by atoms with Crippen molar-refractivity contribution in [3.63, 3.8) is 0 Å². The number of hydrogen-bond acceptors (Lipinski definition) is 10. The van der Waals surface area contributed by atoms with E-state index in [0.29, 0.717) is 51.0 Å². The van der Waals surface area contributed by atoms with Crippen molar-refractivity contribution in [3.8, 4) is 17.2 Å². The Labute approximate surface area is 379 Å². The maximum absolute atomic E-state index is 15.7. The van der Waals surface area contributed by atoms with Gasteiger partial charge in [0.1, 0.15) is 47.9 Å². The number of carbonyl (C=O) groups is 6. The van der Waals surface area contributed by atoms with Crippen LogP contribution in [0.2, 0.25) is 0 Å². The van der Waals surface area contributed by atoms with Crippen LogP contribution in [0, 0.1) is 5.92 Å². The first-order chi connectivity index (χ1) is 31.6. The molecule has 66 heavy (non-hydrogen) atoms. The Morgan fingerprint density at radius 1 is 0.909 bits per heavy atom. The highest BCUT2D eigenvalue weighted by molar-refractivity contribution is 5.99. The van der Waals surface area contributed by atoms with Gasteiger partial charge >= 0.3 is 5.97 Å². The first-order valence-electron chi connectivity index (χ1n) is 22.2. The molecule has 0 spiro atoms. The number of carbonyl (C=O) groups excluding carboxylic acids is 5. The van der Waals surface area contributed by atoms with Gasteiger partial charge in [-0.15, -0.1) is 0 Å². The maximum Gasteiger partial charge on any atom is 0.326 e. The Morgan fingerprint density at radius 3 is 2.39 bits per heavy atom. The fourth-order valence-electron chi connectivity index (χ4n) is 10.2. The van der Waals surface area contributed by atoms with Crippen LogP contribution < -0.4 is 32.3 Å². The van der Waals surface area contributed by atoms with E-state index in [4.69, 9.17) is 5.73 Å². The summed E-state index contributed by atoms with van der Waals surface area (Å²) in [5, 5.41) is 47.3. The predicted molar refractivity (Wildman–Crippen MR) is 243 cm³/mol. The lowest BCUT2D eigenvalue weighted by Gasteiger charge is -2.37. The van der Waals surface area contributed by atoms with Crippen LogP contribution in [0.1, 0.15) is 61.4 Å². The van der Waals surface area contributed by atoms with Crippen LogP contribution in [0.25, 0.3) is 16.6 Å². The summed E-state index contributed by atoms with van der Waals surface area (Å²) in [7, 11) is 0. The summed E-state index contributed by atoms with van der Waals surface area (Å²) in [6.45, 7) is 5.16. The fourth-order valence-corrected chi connectivity index (χ4v) is 10.2. The molecule has 17 heteroatoms. The molecule has 1 saturated heterocycles. The molecular formula is C49H52N8O9. The number of benzene rings is 4. The van der Waals surface area contributed by atoms with Crippen molar-refractivity contribution in [2.45, 2.75) is 101 Å². The van der Waals surface area contributed by atoms with Crippen LogP contribution in [0.3, 0.4) is 0 Å². The molecule has 9 atom stereocenters. The molecule has 0 radical (unpaired) electrons. The second kappa shape index (κ2) is 16.9. The molecule has 4 aromatic carbocycles. The number of carboxylic acids is 1. The third-order valence-corrected chi connectivity index (χ3v) is 13.9. The van der Waals surface area contributed by atoms with Gasteiger partial charge in [0.2, 0.25) is 29.5 Å². The highest BCUT2D eigenvalue weighted by Gasteiger charge is 2.62. The number of aromatic nitrogens is 1. The van der Waals surface area contributed by atoms with Crippen LogP contribution in [-0.2, 0) is 53.4 Å². The quantitative estimate of drug-likeness (QED) is 0.104. The zero-order chi connectivity index (χ0) is 46.8. The third-order valence-electron chi connectivity index (χ3n) is 13.9. The molecule has 342 valence electrons. The van der Waals surface area contributed by atoms with Gasteiger partial charge in [-0.2, -0.15) is 0 Å². The van der Waals surface area contributed by atoms with Crippen LogP contribution in [-0.4, -0.2) is 103 Å². The lowest BCUT2D eigenvalue weighted by molar-refractivity contribution is -0.146. The van der Waals surface area contributed by atoms with Crippen LogP contribution in [0.5, 0.6) is 11.5 Å². The lowest BCUT2D eigenvalue weighted by atomic mass is 9.72. The van der Waals surface area contributed by atoms with Gasteiger partial charge in [0.25, 0.3) is 0 Å². The average Bonchev–Trinajstić information content (AvgIpc) is 3.94. The molecular weight excluding hydrogens is 845 g/mol. The summed E-state index contributed by atoms with van der Waals surface area (Å²) >= 11 is 0. The first kappa shape index (κ1) is 43.8. The summed E-state index contributed by atoms with van der Waals surface area (Å²) in [4.78, 5) is 87.6. The number of hydrogen-bond donors (Lipinski definition) is 9. The van der Waals surface area contributed by atoms with E-state index in [0.717, 1.165) is 5.56 Å². The van der Waals surface area contributed by atoms with E-state index in [1.165, 1.54) is 30.0 Å². The van der Waals surface area contributed by atoms with Gasteiger partial charge in [-0.3, -0.25) is 24.0 Å². The zero-order valence-electron chi connectivity index (χ0n) is 36.6. The van der Waals surface area contributed by atoms with Gasteiger partial charge in [0.15, 0.2) is 0 Å². The number of phenols is 2.